The molecule has 174 valence electrons. The Morgan fingerprint density at radius 1 is 1.21 bits per heavy atom. The maximum absolute atomic E-state index is 12.3. The Labute approximate surface area is 192 Å². The third-order valence-corrected chi connectivity index (χ3v) is 6.99. The van der Waals surface area contributed by atoms with Gasteiger partial charge < -0.3 is 30.4 Å². The van der Waals surface area contributed by atoms with Crippen molar-refractivity contribution in [2.75, 3.05) is 35.2 Å². The highest BCUT2D eigenvalue weighted by atomic mass is 16.5. The van der Waals surface area contributed by atoms with Crippen molar-refractivity contribution in [1.82, 2.24) is 9.97 Å². The first-order valence-electron chi connectivity index (χ1n) is 11.4. The summed E-state index contributed by atoms with van der Waals surface area (Å²) in [5, 5.41) is 6.18. The predicted molar refractivity (Wildman–Crippen MR) is 128 cm³/mol. The molecule has 0 spiro atoms. The molecule has 2 aliphatic heterocycles. The third-order valence-electron chi connectivity index (χ3n) is 6.99. The second-order valence-corrected chi connectivity index (χ2v) is 9.45. The van der Waals surface area contributed by atoms with Crippen LogP contribution in [0.5, 0.6) is 5.75 Å². The van der Waals surface area contributed by atoms with Crippen LogP contribution in [-0.4, -0.2) is 41.1 Å². The predicted octanol–water partition coefficient (Wildman–Crippen LogP) is 4.03. The highest BCUT2D eigenvalue weighted by Gasteiger charge is 2.36. The Bertz CT molecular complexity index is 1190. The number of nitrogens with zero attached hydrogens (tertiary/aromatic N) is 3. The topological polar surface area (TPSA) is 119 Å². The van der Waals surface area contributed by atoms with Crippen molar-refractivity contribution >= 4 is 40.1 Å². The van der Waals surface area contributed by atoms with Gasteiger partial charge in [-0.05, 0) is 63.3 Å². The number of hydrogen-bond donors (Lipinski definition) is 3. The maximum atomic E-state index is 12.3. The van der Waals surface area contributed by atoms with E-state index in [0.29, 0.717) is 29.5 Å². The molecule has 9 heteroatoms. The average Bonchev–Trinajstić information content (AvgIpc) is 3.28. The summed E-state index contributed by atoms with van der Waals surface area (Å²) < 4.78 is 11.6. The van der Waals surface area contributed by atoms with Gasteiger partial charge in [0.05, 0.1) is 12.0 Å². The van der Waals surface area contributed by atoms with Crippen molar-refractivity contribution in [3.63, 3.8) is 0 Å². The summed E-state index contributed by atoms with van der Waals surface area (Å²) in [6.45, 7) is 8.15. The minimum Gasteiger partial charge on any atom is -0.476 e. The van der Waals surface area contributed by atoms with Gasteiger partial charge in [-0.2, -0.15) is 4.98 Å². The monoisotopic (exact) mass is 450 g/mol. The fraction of sp³-hybridized carbons (Fsp3) is 0.458. The van der Waals surface area contributed by atoms with E-state index in [0.717, 1.165) is 49.4 Å². The van der Waals surface area contributed by atoms with Gasteiger partial charge >= 0.3 is 0 Å². The molecule has 4 N–H and O–H groups in total. The lowest BCUT2D eigenvalue weighted by Gasteiger charge is -2.41. The van der Waals surface area contributed by atoms with E-state index in [1.165, 1.54) is 0 Å². The molecule has 9 nitrogen and oxygen atoms in total. The second-order valence-electron chi connectivity index (χ2n) is 9.45. The van der Waals surface area contributed by atoms with Crippen LogP contribution < -0.4 is 26.0 Å². The van der Waals surface area contributed by atoms with E-state index in [1.54, 1.807) is 20.1 Å². The van der Waals surface area contributed by atoms with E-state index < -0.39 is 5.60 Å². The molecule has 1 saturated heterocycles. The van der Waals surface area contributed by atoms with Gasteiger partial charge in [0.1, 0.15) is 11.3 Å². The van der Waals surface area contributed by atoms with Crippen LogP contribution in [0, 0.1) is 5.41 Å². The summed E-state index contributed by atoms with van der Waals surface area (Å²) in [7, 11) is 0. The molecule has 2 aliphatic rings. The van der Waals surface area contributed by atoms with Gasteiger partial charge in [-0.25, -0.2) is 4.98 Å². The summed E-state index contributed by atoms with van der Waals surface area (Å²) in [6, 6.07) is 7.38. The van der Waals surface area contributed by atoms with E-state index in [4.69, 9.17) is 19.9 Å². The molecule has 2 aromatic heterocycles. The zero-order valence-corrected chi connectivity index (χ0v) is 19.3. The molecule has 0 saturated carbocycles. The van der Waals surface area contributed by atoms with Crippen LogP contribution in [0.4, 0.5) is 23.1 Å². The number of ether oxygens (including phenoxy) is 1. The molecule has 1 aromatic carbocycles. The number of carbonyl (C=O) groups excluding carboxylic acids is 1. The van der Waals surface area contributed by atoms with Gasteiger partial charge in [0.15, 0.2) is 17.0 Å². The lowest BCUT2D eigenvalue weighted by Crippen LogP contribution is -2.45. The molecule has 0 radical (unpaired) electrons. The number of piperidine rings is 1. The van der Waals surface area contributed by atoms with Crippen LogP contribution in [0.15, 0.2) is 34.9 Å². The first kappa shape index (κ1) is 21.5. The molecular weight excluding hydrogens is 420 g/mol. The minimum atomic E-state index is -0.903. The number of anilines is 4. The van der Waals surface area contributed by atoms with Gasteiger partial charge in [-0.3, -0.25) is 4.79 Å². The van der Waals surface area contributed by atoms with E-state index in [1.807, 2.05) is 24.3 Å². The van der Waals surface area contributed by atoms with Crippen molar-refractivity contribution in [2.24, 2.45) is 11.1 Å². The fourth-order valence-corrected chi connectivity index (χ4v) is 4.53. The Morgan fingerprint density at radius 3 is 2.73 bits per heavy atom. The number of nitrogens with one attached hydrogen (secondary N) is 2. The molecular formula is C24H30N6O3. The molecule has 0 unspecified atom stereocenters. The molecule has 3 aromatic rings. The molecule has 1 amide bonds. The zero-order chi connectivity index (χ0) is 23.2. The van der Waals surface area contributed by atoms with Crippen LogP contribution in [0.3, 0.4) is 0 Å². The molecule has 0 atom stereocenters. The maximum Gasteiger partial charge on any atom is 0.268 e. The number of fused-ring (bicyclic) bond motifs is 2. The number of amides is 1. The van der Waals surface area contributed by atoms with Crippen LogP contribution in [0.1, 0.15) is 40.0 Å². The van der Waals surface area contributed by atoms with Gasteiger partial charge in [0.2, 0.25) is 5.95 Å². The largest absolute Gasteiger partial charge is 0.476 e. The second kappa shape index (κ2) is 7.91. The van der Waals surface area contributed by atoms with Crippen LogP contribution in [-0.2, 0) is 4.79 Å². The smallest absolute Gasteiger partial charge is 0.268 e. The molecule has 4 heterocycles. The Morgan fingerprint density at radius 2 is 2.00 bits per heavy atom. The number of aromatic nitrogens is 2. The van der Waals surface area contributed by atoms with Gasteiger partial charge in [-0.1, -0.05) is 6.92 Å². The van der Waals surface area contributed by atoms with Crippen molar-refractivity contribution in [2.45, 2.75) is 45.6 Å². The zero-order valence-electron chi connectivity index (χ0n) is 19.3. The van der Waals surface area contributed by atoms with Crippen molar-refractivity contribution in [3.05, 3.63) is 30.5 Å². The highest BCUT2D eigenvalue weighted by Crippen LogP contribution is 2.38. The van der Waals surface area contributed by atoms with Gasteiger partial charge in [0.25, 0.3) is 5.91 Å². The summed E-state index contributed by atoms with van der Waals surface area (Å²) in [4.78, 5) is 23.9. The number of nitrogens with two attached hydrogens (primary N) is 1. The molecule has 33 heavy (non-hydrogen) atoms. The SMILES string of the molecule is CCC1(CN)CCN(c2nc(Nc3ccc4c(c3)NC(=O)C(C)(C)O4)nc3ccoc23)CC1. The lowest BCUT2D eigenvalue weighted by molar-refractivity contribution is -0.129. The van der Waals surface area contributed by atoms with Gasteiger partial charge in [-0.15, -0.1) is 0 Å². The number of benzene rings is 1. The quantitative estimate of drug-likeness (QED) is 0.533. The highest BCUT2D eigenvalue weighted by molar-refractivity contribution is 6.00. The van der Waals surface area contributed by atoms with Crippen molar-refractivity contribution in [3.8, 4) is 5.75 Å². The summed E-state index contributed by atoms with van der Waals surface area (Å²) >= 11 is 0. The third kappa shape index (κ3) is 3.86. The normalized spacial score (nSPS) is 19.0. The first-order chi connectivity index (χ1) is 15.8. The van der Waals surface area contributed by atoms with Crippen molar-refractivity contribution in [1.29, 1.82) is 0 Å². The Kier molecular flexibility index (Phi) is 5.16. The Hall–Kier alpha value is -3.33. The molecule has 0 aliphatic carbocycles. The van der Waals surface area contributed by atoms with Crippen LogP contribution >= 0.6 is 0 Å². The standard InChI is InChI=1S/C24H30N6O3/c1-4-24(14-25)8-10-30(11-9-24)20-19-16(7-12-32-19)28-22(29-20)26-15-5-6-18-17(13-15)27-21(31)23(2,3)33-18/h5-7,12-13H,4,8-11,14,25H2,1-3H3,(H,27,31)(H,26,28,29). The number of carbonyl (C=O) groups is 1. The summed E-state index contributed by atoms with van der Waals surface area (Å²) in [6.07, 6.45) is 4.77. The summed E-state index contributed by atoms with van der Waals surface area (Å²) in [5.74, 6) is 1.69. The molecule has 0 bridgehead atoms. The number of hydrogen-bond acceptors (Lipinski definition) is 8. The van der Waals surface area contributed by atoms with Crippen LogP contribution in [0.2, 0.25) is 0 Å². The number of furan rings is 1. The molecule has 1 fully saturated rings. The fourth-order valence-electron chi connectivity index (χ4n) is 4.53. The van der Waals surface area contributed by atoms with E-state index in [2.05, 4.69) is 27.4 Å². The lowest BCUT2D eigenvalue weighted by atomic mass is 9.76. The molecule has 5 rings (SSSR count). The van der Waals surface area contributed by atoms with Gasteiger partial charge in [0, 0.05) is 24.8 Å². The van der Waals surface area contributed by atoms with E-state index in [-0.39, 0.29) is 11.3 Å². The van der Waals surface area contributed by atoms with E-state index in [9.17, 15) is 4.79 Å². The summed E-state index contributed by atoms with van der Waals surface area (Å²) in [5.41, 5.74) is 8.17. The van der Waals surface area contributed by atoms with Crippen LogP contribution in [0.25, 0.3) is 11.1 Å². The average molecular weight is 451 g/mol. The first-order valence-corrected chi connectivity index (χ1v) is 11.4. The Balaban J connectivity index is 1.42. The minimum absolute atomic E-state index is 0.184. The van der Waals surface area contributed by atoms with Crippen molar-refractivity contribution < 1.29 is 13.9 Å². The number of rotatable bonds is 5. The van der Waals surface area contributed by atoms with E-state index >= 15 is 0 Å².